The second-order valence-electron chi connectivity index (χ2n) is 4.51. The van der Waals surface area contributed by atoms with Crippen LogP contribution in [0.15, 0.2) is 0 Å². The van der Waals surface area contributed by atoms with E-state index in [1.807, 2.05) is 13.8 Å². The Morgan fingerprint density at radius 1 is 1.15 bits per heavy atom. The fraction of sp³-hybridized carbons (Fsp3) is 1.00. The van der Waals surface area contributed by atoms with Gasteiger partial charge in [-0.3, -0.25) is 0 Å². The van der Waals surface area contributed by atoms with E-state index in [1.165, 1.54) is 0 Å². The molecule has 13 heavy (non-hydrogen) atoms. The highest BCUT2D eigenvalue weighted by molar-refractivity contribution is 5.07. The highest BCUT2D eigenvalue weighted by Crippen LogP contribution is 2.45. The monoisotopic (exact) mass is 186 g/mol. The summed E-state index contributed by atoms with van der Waals surface area (Å²) in [5, 5.41) is 9.72. The number of aliphatic hydroxyl groups excluding tert-OH is 1. The highest BCUT2D eigenvalue weighted by atomic mass is 16.8. The maximum Gasteiger partial charge on any atom is 0.164 e. The van der Waals surface area contributed by atoms with Gasteiger partial charge >= 0.3 is 0 Å². The standard InChI is InChI=1S/C9H14O4/c1-9(2)12-6-4(10)3-5-7(11-5)8(6)13-9/h4-8,10H,3H2,1-2H3/t4-,5+,6+,7+,8+/m1/s1. The number of hydrogen-bond acceptors (Lipinski definition) is 4. The van der Waals surface area contributed by atoms with Crippen molar-refractivity contribution in [3.63, 3.8) is 0 Å². The van der Waals surface area contributed by atoms with Crippen LogP contribution < -0.4 is 0 Å². The van der Waals surface area contributed by atoms with Crippen LogP contribution in [-0.4, -0.2) is 41.4 Å². The van der Waals surface area contributed by atoms with E-state index < -0.39 is 11.9 Å². The summed E-state index contributed by atoms with van der Waals surface area (Å²) in [7, 11) is 0. The molecule has 3 rings (SSSR count). The maximum atomic E-state index is 9.72. The molecule has 2 aliphatic heterocycles. The highest BCUT2D eigenvalue weighted by Gasteiger charge is 2.61. The number of epoxide rings is 1. The van der Waals surface area contributed by atoms with E-state index in [4.69, 9.17) is 14.2 Å². The van der Waals surface area contributed by atoms with E-state index in [9.17, 15) is 5.11 Å². The van der Waals surface area contributed by atoms with Gasteiger partial charge in [-0.1, -0.05) is 0 Å². The minimum absolute atomic E-state index is 0.0660. The molecule has 2 saturated heterocycles. The molecule has 1 N–H and O–H groups in total. The van der Waals surface area contributed by atoms with Crippen molar-refractivity contribution in [2.24, 2.45) is 0 Å². The lowest BCUT2D eigenvalue weighted by atomic mass is 9.92. The first kappa shape index (κ1) is 8.17. The van der Waals surface area contributed by atoms with Crippen molar-refractivity contribution in [2.75, 3.05) is 0 Å². The summed E-state index contributed by atoms with van der Waals surface area (Å²) in [6.45, 7) is 3.74. The van der Waals surface area contributed by atoms with E-state index in [-0.39, 0.29) is 24.4 Å². The third-order valence-corrected chi connectivity index (χ3v) is 2.96. The van der Waals surface area contributed by atoms with Crippen LogP contribution in [0.4, 0.5) is 0 Å². The molecule has 3 aliphatic rings. The zero-order valence-corrected chi connectivity index (χ0v) is 7.77. The van der Waals surface area contributed by atoms with Gasteiger partial charge in [0, 0.05) is 6.42 Å². The van der Waals surface area contributed by atoms with Crippen LogP contribution in [0.2, 0.25) is 0 Å². The first-order valence-electron chi connectivity index (χ1n) is 4.76. The zero-order valence-electron chi connectivity index (χ0n) is 7.77. The molecule has 0 aromatic carbocycles. The predicted molar refractivity (Wildman–Crippen MR) is 43.1 cm³/mol. The Morgan fingerprint density at radius 3 is 2.62 bits per heavy atom. The van der Waals surface area contributed by atoms with Crippen molar-refractivity contribution in [3.05, 3.63) is 0 Å². The molecule has 1 saturated carbocycles. The fourth-order valence-corrected chi connectivity index (χ4v) is 2.38. The summed E-state index contributed by atoms with van der Waals surface area (Å²) in [6, 6.07) is 0. The van der Waals surface area contributed by atoms with Gasteiger partial charge in [0.05, 0.1) is 12.2 Å². The van der Waals surface area contributed by atoms with Crippen LogP contribution >= 0.6 is 0 Å². The van der Waals surface area contributed by atoms with E-state index in [2.05, 4.69) is 0 Å². The topological polar surface area (TPSA) is 51.2 Å². The lowest BCUT2D eigenvalue weighted by Crippen LogP contribution is -2.43. The number of aliphatic hydroxyl groups is 1. The van der Waals surface area contributed by atoms with Crippen molar-refractivity contribution in [3.8, 4) is 0 Å². The molecule has 4 heteroatoms. The van der Waals surface area contributed by atoms with Crippen LogP contribution in [-0.2, 0) is 14.2 Å². The Morgan fingerprint density at radius 2 is 1.85 bits per heavy atom. The average molecular weight is 186 g/mol. The largest absolute Gasteiger partial charge is 0.390 e. The second kappa shape index (κ2) is 2.25. The second-order valence-corrected chi connectivity index (χ2v) is 4.51. The lowest BCUT2D eigenvalue weighted by molar-refractivity contribution is -0.155. The van der Waals surface area contributed by atoms with Crippen LogP contribution in [0.3, 0.4) is 0 Å². The Kier molecular flexibility index (Phi) is 1.42. The van der Waals surface area contributed by atoms with Crippen LogP contribution in [0.1, 0.15) is 20.3 Å². The summed E-state index contributed by atoms with van der Waals surface area (Å²) in [6.07, 6.45) is 0.354. The van der Waals surface area contributed by atoms with Crippen molar-refractivity contribution < 1.29 is 19.3 Å². The summed E-state index contributed by atoms with van der Waals surface area (Å²) >= 11 is 0. The number of rotatable bonds is 0. The third-order valence-electron chi connectivity index (χ3n) is 2.96. The van der Waals surface area contributed by atoms with Gasteiger partial charge in [0.25, 0.3) is 0 Å². The zero-order chi connectivity index (χ0) is 9.22. The number of fused-ring (bicyclic) bond motifs is 3. The lowest BCUT2D eigenvalue weighted by Gasteiger charge is -2.24. The summed E-state index contributed by atoms with van der Waals surface area (Å²) in [5.74, 6) is -0.572. The summed E-state index contributed by atoms with van der Waals surface area (Å²) in [4.78, 5) is 0. The van der Waals surface area contributed by atoms with Crippen LogP contribution in [0.5, 0.6) is 0 Å². The van der Waals surface area contributed by atoms with Gasteiger partial charge in [-0.05, 0) is 13.8 Å². The minimum Gasteiger partial charge on any atom is -0.390 e. The smallest absolute Gasteiger partial charge is 0.164 e. The Balaban J connectivity index is 1.85. The molecule has 0 aromatic rings. The van der Waals surface area contributed by atoms with E-state index in [1.54, 1.807) is 0 Å². The van der Waals surface area contributed by atoms with Gasteiger partial charge < -0.3 is 19.3 Å². The molecule has 0 amide bonds. The van der Waals surface area contributed by atoms with E-state index >= 15 is 0 Å². The molecular formula is C9H14O4. The summed E-state index contributed by atoms with van der Waals surface area (Å²) < 4.78 is 16.7. The molecule has 74 valence electrons. The van der Waals surface area contributed by atoms with Crippen molar-refractivity contribution in [1.29, 1.82) is 0 Å². The molecule has 0 aromatic heterocycles. The molecule has 5 atom stereocenters. The molecule has 0 unspecified atom stereocenters. The predicted octanol–water partition coefficient (Wildman–Crippen LogP) is 0.0385. The van der Waals surface area contributed by atoms with Crippen LogP contribution in [0.25, 0.3) is 0 Å². The molecule has 1 aliphatic carbocycles. The normalized spacial score (nSPS) is 57.0. The SMILES string of the molecule is CC1(C)O[C@H]2[C@@H](O1)[C@H](O)C[C@@H]1O[C@H]21. The van der Waals surface area contributed by atoms with E-state index in [0.29, 0.717) is 6.42 Å². The molecular weight excluding hydrogens is 172 g/mol. The number of ether oxygens (including phenoxy) is 3. The Bertz CT molecular complexity index is 232. The van der Waals surface area contributed by atoms with Gasteiger partial charge in [-0.25, -0.2) is 0 Å². The Labute approximate surface area is 76.8 Å². The first-order valence-corrected chi connectivity index (χ1v) is 4.76. The van der Waals surface area contributed by atoms with Gasteiger partial charge in [0.2, 0.25) is 0 Å². The number of hydrogen-bond donors (Lipinski definition) is 1. The third kappa shape index (κ3) is 1.13. The molecule has 4 nitrogen and oxygen atoms in total. The molecule has 0 spiro atoms. The molecule has 0 radical (unpaired) electrons. The van der Waals surface area contributed by atoms with Crippen LogP contribution in [0, 0.1) is 0 Å². The maximum absolute atomic E-state index is 9.72. The van der Waals surface area contributed by atoms with Gasteiger partial charge in [-0.2, -0.15) is 0 Å². The Hall–Kier alpha value is -0.160. The van der Waals surface area contributed by atoms with E-state index in [0.717, 1.165) is 0 Å². The van der Waals surface area contributed by atoms with Crippen molar-refractivity contribution >= 4 is 0 Å². The molecule has 2 heterocycles. The van der Waals surface area contributed by atoms with Gasteiger partial charge in [0.15, 0.2) is 5.79 Å². The average Bonchev–Trinajstić information content (AvgIpc) is 2.68. The fourth-order valence-electron chi connectivity index (χ4n) is 2.38. The van der Waals surface area contributed by atoms with Crippen molar-refractivity contribution in [2.45, 2.75) is 56.6 Å². The van der Waals surface area contributed by atoms with Crippen molar-refractivity contribution in [1.82, 2.24) is 0 Å². The first-order chi connectivity index (χ1) is 6.07. The summed E-state index contributed by atoms with van der Waals surface area (Å²) in [5.41, 5.74) is 0. The van der Waals surface area contributed by atoms with Gasteiger partial charge in [0.1, 0.15) is 18.3 Å². The van der Waals surface area contributed by atoms with Gasteiger partial charge in [-0.15, -0.1) is 0 Å². The quantitative estimate of drug-likeness (QED) is 0.543. The molecule has 3 fully saturated rings. The molecule has 0 bridgehead atoms. The minimum atomic E-state index is -0.572.